The Kier molecular flexibility index (Phi) is 8.29. The highest BCUT2D eigenvalue weighted by Crippen LogP contribution is 2.28. The number of hydrogen-bond acceptors (Lipinski definition) is 10. The molecule has 1 N–H and O–H groups in total. The maximum atomic E-state index is 13.4. The number of nitrogens with one attached hydrogen (secondary N) is 1. The molecule has 4 aromatic rings. The van der Waals surface area contributed by atoms with Crippen LogP contribution in [0.5, 0.6) is 5.75 Å². The summed E-state index contributed by atoms with van der Waals surface area (Å²) in [5.41, 5.74) is 0.0779. The summed E-state index contributed by atoms with van der Waals surface area (Å²) < 4.78 is 12.2. The van der Waals surface area contributed by atoms with E-state index in [9.17, 15) is 14.4 Å². The number of amides is 1. The number of rotatable bonds is 10. The summed E-state index contributed by atoms with van der Waals surface area (Å²) in [6.45, 7) is 7.73. The molecule has 194 valence electrons. The second-order valence-electron chi connectivity index (χ2n) is 8.50. The molecule has 0 saturated heterocycles. The Hall–Kier alpha value is -3.64. The van der Waals surface area contributed by atoms with Gasteiger partial charge in [-0.1, -0.05) is 50.3 Å². The van der Waals surface area contributed by atoms with Gasteiger partial charge in [0, 0.05) is 5.92 Å². The van der Waals surface area contributed by atoms with Crippen LogP contribution in [-0.2, 0) is 9.53 Å². The van der Waals surface area contributed by atoms with E-state index in [0.29, 0.717) is 38.0 Å². The lowest BCUT2D eigenvalue weighted by Crippen LogP contribution is -2.33. The SMILES string of the molecule is CCC(C(=O)Nc1nnc(C(C)C)s1)n1cnc2sc(C(=O)OCCOc3ccccc3)c(C)c2c1=O. The van der Waals surface area contributed by atoms with Gasteiger partial charge in [-0.2, -0.15) is 0 Å². The van der Waals surface area contributed by atoms with E-state index in [0.717, 1.165) is 16.3 Å². The minimum Gasteiger partial charge on any atom is -0.490 e. The van der Waals surface area contributed by atoms with E-state index in [1.165, 1.54) is 22.2 Å². The normalized spacial score (nSPS) is 12.0. The van der Waals surface area contributed by atoms with E-state index < -0.39 is 17.6 Å². The van der Waals surface area contributed by atoms with Crippen LogP contribution in [0.1, 0.15) is 59.4 Å². The number of nitrogens with zero attached hydrogens (tertiary/aromatic N) is 4. The number of benzene rings is 1. The number of hydrogen-bond donors (Lipinski definition) is 1. The lowest BCUT2D eigenvalue weighted by molar-refractivity contribution is -0.119. The predicted molar refractivity (Wildman–Crippen MR) is 143 cm³/mol. The van der Waals surface area contributed by atoms with Gasteiger partial charge in [0.1, 0.15) is 39.7 Å². The van der Waals surface area contributed by atoms with Crippen molar-refractivity contribution in [3.63, 3.8) is 0 Å². The molecule has 0 aliphatic carbocycles. The van der Waals surface area contributed by atoms with Crippen molar-refractivity contribution >= 4 is 49.9 Å². The molecule has 12 heteroatoms. The van der Waals surface area contributed by atoms with Crippen molar-refractivity contribution in [1.29, 1.82) is 0 Å². The van der Waals surface area contributed by atoms with Crippen molar-refractivity contribution in [2.45, 2.75) is 46.1 Å². The molecule has 3 heterocycles. The van der Waals surface area contributed by atoms with Gasteiger partial charge in [-0.3, -0.25) is 19.5 Å². The quantitative estimate of drug-likeness (QED) is 0.229. The predicted octanol–water partition coefficient (Wildman–Crippen LogP) is 4.57. The zero-order valence-corrected chi connectivity index (χ0v) is 22.5. The molecule has 37 heavy (non-hydrogen) atoms. The van der Waals surface area contributed by atoms with Crippen LogP contribution in [0.15, 0.2) is 41.5 Å². The number of anilines is 1. The second-order valence-corrected chi connectivity index (χ2v) is 10.5. The van der Waals surface area contributed by atoms with E-state index in [4.69, 9.17) is 9.47 Å². The molecule has 1 amide bonds. The minimum atomic E-state index is -0.805. The highest BCUT2D eigenvalue weighted by Gasteiger charge is 2.26. The molecule has 0 spiro atoms. The van der Waals surface area contributed by atoms with Gasteiger partial charge in [-0.05, 0) is 31.0 Å². The van der Waals surface area contributed by atoms with Crippen LogP contribution >= 0.6 is 22.7 Å². The Morgan fingerprint density at radius 3 is 2.54 bits per heavy atom. The Balaban J connectivity index is 1.49. The van der Waals surface area contributed by atoms with Gasteiger partial charge in [-0.25, -0.2) is 9.78 Å². The standard InChI is InChI=1S/C25H27N5O5S2/c1-5-17(20(31)27-25-29-28-21(37-25)14(2)3)30-13-26-22-18(23(30)32)15(4)19(36-22)24(33)35-12-11-34-16-9-7-6-8-10-16/h6-10,13-14,17H,5,11-12H2,1-4H3,(H,27,29,31). The van der Waals surface area contributed by atoms with Crippen LogP contribution in [0.25, 0.3) is 10.2 Å². The van der Waals surface area contributed by atoms with Gasteiger partial charge >= 0.3 is 5.97 Å². The van der Waals surface area contributed by atoms with Crippen LogP contribution in [0.3, 0.4) is 0 Å². The lowest BCUT2D eigenvalue weighted by atomic mass is 10.2. The van der Waals surface area contributed by atoms with Crippen molar-refractivity contribution in [1.82, 2.24) is 19.7 Å². The number of para-hydroxylation sites is 1. The molecule has 1 aromatic carbocycles. The number of carbonyl (C=O) groups excluding carboxylic acids is 2. The zero-order valence-electron chi connectivity index (χ0n) is 20.9. The summed E-state index contributed by atoms with van der Waals surface area (Å²) >= 11 is 2.39. The summed E-state index contributed by atoms with van der Waals surface area (Å²) in [6, 6.07) is 8.42. The summed E-state index contributed by atoms with van der Waals surface area (Å²) in [7, 11) is 0. The first-order valence-corrected chi connectivity index (χ1v) is 13.4. The molecular weight excluding hydrogens is 514 g/mol. The lowest BCUT2D eigenvalue weighted by Gasteiger charge is -2.16. The van der Waals surface area contributed by atoms with Crippen LogP contribution in [0, 0.1) is 6.92 Å². The monoisotopic (exact) mass is 541 g/mol. The summed E-state index contributed by atoms with van der Waals surface area (Å²) in [6.07, 6.45) is 1.70. The average Bonchev–Trinajstić information content (AvgIpc) is 3.49. The van der Waals surface area contributed by atoms with E-state index in [1.807, 2.05) is 44.2 Å². The molecule has 0 bridgehead atoms. The fourth-order valence-corrected chi connectivity index (χ4v) is 5.43. The van der Waals surface area contributed by atoms with E-state index in [1.54, 1.807) is 13.8 Å². The molecule has 4 rings (SSSR count). The molecule has 0 aliphatic rings. The van der Waals surface area contributed by atoms with Crippen molar-refractivity contribution in [2.75, 3.05) is 18.5 Å². The smallest absolute Gasteiger partial charge is 0.348 e. The number of aromatic nitrogens is 4. The Bertz CT molecular complexity index is 1460. The molecule has 1 unspecified atom stereocenters. The topological polar surface area (TPSA) is 125 Å². The van der Waals surface area contributed by atoms with Crippen LogP contribution < -0.4 is 15.6 Å². The fraction of sp³-hybridized carbons (Fsp3) is 0.360. The Morgan fingerprint density at radius 2 is 1.86 bits per heavy atom. The Labute approximate surface area is 221 Å². The summed E-state index contributed by atoms with van der Waals surface area (Å²) in [5, 5.41) is 12.3. The molecule has 0 aliphatic heterocycles. The zero-order chi connectivity index (χ0) is 26.5. The van der Waals surface area contributed by atoms with Gasteiger partial charge in [0.15, 0.2) is 0 Å². The number of thiophene rings is 1. The first-order valence-electron chi connectivity index (χ1n) is 11.8. The minimum absolute atomic E-state index is 0.0568. The van der Waals surface area contributed by atoms with E-state index >= 15 is 0 Å². The highest BCUT2D eigenvalue weighted by atomic mass is 32.1. The van der Waals surface area contributed by atoms with Crippen LogP contribution in [0.2, 0.25) is 0 Å². The number of aryl methyl sites for hydroxylation is 1. The molecule has 0 fully saturated rings. The maximum Gasteiger partial charge on any atom is 0.348 e. The third-order valence-electron chi connectivity index (χ3n) is 5.58. The summed E-state index contributed by atoms with van der Waals surface area (Å²) in [4.78, 5) is 44.2. The number of ether oxygens (including phenoxy) is 2. The van der Waals surface area contributed by atoms with Crippen molar-refractivity contribution < 1.29 is 19.1 Å². The molecule has 10 nitrogen and oxygen atoms in total. The molecule has 3 aromatic heterocycles. The highest BCUT2D eigenvalue weighted by molar-refractivity contribution is 7.20. The van der Waals surface area contributed by atoms with Gasteiger partial charge in [0.05, 0.1) is 11.7 Å². The van der Waals surface area contributed by atoms with Crippen molar-refractivity contribution in [3.8, 4) is 5.75 Å². The first kappa shape index (κ1) is 26.4. The number of carbonyl (C=O) groups is 2. The molecular formula is C25H27N5O5S2. The third kappa shape index (κ3) is 5.86. The maximum absolute atomic E-state index is 13.4. The largest absolute Gasteiger partial charge is 0.490 e. The number of esters is 1. The Morgan fingerprint density at radius 1 is 1.11 bits per heavy atom. The van der Waals surface area contributed by atoms with Crippen LogP contribution in [0.4, 0.5) is 5.13 Å². The average molecular weight is 542 g/mol. The molecule has 0 saturated carbocycles. The van der Waals surface area contributed by atoms with Crippen LogP contribution in [-0.4, -0.2) is 44.8 Å². The van der Waals surface area contributed by atoms with Gasteiger partial charge in [0.25, 0.3) is 5.56 Å². The van der Waals surface area contributed by atoms with Gasteiger partial charge in [-0.15, -0.1) is 21.5 Å². The third-order valence-corrected chi connectivity index (χ3v) is 7.90. The van der Waals surface area contributed by atoms with Crippen molar-refractivity contribution in [3.05, 3.63) is 62.5 Å². The summed E-state index contributed by atoms with van der Waals surface area (Å²) in [5.74, 6) is -0.0613. The van der Waals surface area contributed by atoms with E-state index in [2.05, 4.69) is 20.5 Å². The number of fused-ring (bicyclic) bond motifs is 1. The first-order chi connectivity index (χ1) is 17.8. The molecule has 0 radical (unpaired) electrons. The fourth-order valence-electron chi connectivity index (χ4n) is 3.65. The van der Waals surface area contributed by atoms with E-state index in [-0.39, 0.29) is 25.0 Å². The second kappa shape index (κ2) is 11.6. The van der Waals surface area contributed by atoms with Crippen molar-refractivity contribution in [2.24, 2.45) is 0 Å². The molecule has 1 atom stereocenters. The van der Waals surface area contributed by atoms with Gasteiger partial charge < -0.3 is 9.47 Å². The van der Waals surface area contributed by atoms with Gasteiger partial charge in [0.2, 0.25) is 11.0 Å².